The number of fused-ring (bicyclic) bond motifs is 11. The molecule has 0 radical (unpaired) electrons. The van der Waals surface area contributed by atoms with Gasteiger partial charge in [-0.2, -0.15) is 0 Å². The highest BCUT2D eigenvalue weighted by molar-refractivity contribution is 6.23. The summed E-state index contributed by atoms with van der Waals surface area (Å²) >= 11 is 0. The van der Waals surface area contributed by atoms with Crippen LogP contribution < -0.4 is 0 Å². The lowest BCUT2D eigenvalue weighted by Crippen LogP contribution is -2.00. The second-order valence-corrected chi connectivity index (χ2v) is 15.6. The Bertz CT molecular complexity index is 3810. The van der Waals surface area contributed by atoms with Crippen molar-refractivity contribution in [3.63, 3.8) is 0 Å². The van der Waals surface area contributed by atoms with Crippen molar-refractivity contribution in [3.05, 3.63) is 194 Å². The molecule has 0 N–H and O–H groups in total. The summed E-state index contributed by atoms with van der Waals surface area (Å²) in [5.74, 6) is 1.83. The number of aromatic nitrogens is 4. The summed E-state index contributed by atoms with van der Waals surface area (Å²) in [7, 11) is 0. The van der Waals surface area contributed by atoms with Gasteiger partial charge in [0.15, 0.2) is 17.5 Å². The van der Waals surface area contributed by atoms with E-state index in [4.69, 9.17) is 19.4 Å². The molecule has 0 saturated carbocycles. The van der Waals surface area contributed by atoms with Crippen LogP contribution in [0.5, 0.6) is 0 Å². The van der Waals surface area contributed by atoms with Gasteiger partial charge < -0.3 is 8.98 Å². The quantitative estimate of drug-likeness (QED) is 0.179. The number of furan rings is 1. The van der Waals surface area contributed by atoms with Crippen LogP contribution in [0.25, 0.3) is 127 Å². The Morgan fingerprint density at radius 3 is 1.58 bits per heavy atom. The summed E-state index contributed by atoms with van der Waals surface area (Å²) in [6, 6.07) is 68.8. The second kappa shape index (κ2) is 12.7. The van der Waals surface area contributed by atoms with Crippen molar-refractivity contribution in [1.82, 2.24) is 19.5 Å². The van der Waals surface area contributed by atoms with E-state index in [1.54, 1.807) is 0 Å². The zero-order chi connectivity index (χ0) is 39.3. The molecule has 5 nitrogen and oxygen atoms in total. The summed E-state index contributed by atoms with van der Waals surface area (Å²) in [6.45, 7) is 0. The zero-order valence-electron chi connectivity index (χ0n) is 32.2. The average Bonchev–Trinajstić information content (AvgIpc) is 3.85. The van der Waals surface area contributed by atoms with Crippen molar-refractivity contribution in [2.24, 2.45) is 0 Å². The van der Waals surface area contributed by atoms with Gasteiger partial charge in [-0.05, 0) is 97.7 Å². The SMILES string of the molecule is c1ccc(-c2nc(-c3ccc4ccccc4c3)nc(-c3cccc4oc5ccc6ccc(-n7c8cc9ccccc9cc8c8cc9ccccc9cc87)cc6c5c34)n2)cc1. The summed E-state index contributed by atoms with van der Waals surface area (Å²) in [4.78, 5) is 15.5. The highest BCUT2D eigenvalue weighted by Crippen LogP contribution is 2.42. The fourth-order valence-electron chi connectivity index (χ4n) is 9.28. The smallest absolute Gasteiger partial charge is 0.164 e. The van der Waals surface area contributed by atoms with Crippen molar-refractivity contribution in [1.29, 1.82) is 0 Å². The van der Waals surface area contributed by atoms with E-state index in [1.165, 1.54) is 48.7 Å². The maximum absolute atomic E-state index is 6.69. The third kappa shape index (κ3) is 5.03. The van der Waals surface area contributed by atoms with Crippen LogP contribution in [0.4, 0.5) is 0 Å². The van der Waals surface area contributed by atoms with Gasteiger partial charge in [-0.15, -0.1) is 0 Å². The number of rotatable bonds is 4. The Morgan fingerprint density at radius 1 is 0.333 bits per heavy atom. The average molecular weight is 765 g/mol. The van der Waals surface area contributed by atoms with Crippen molar-refractivity contribution in [2.45, 2.75) is 0 Å². The summed E-state index contributed by atoms with van der Waals surface area (Å²) in [5.41, 5.74) is 7.76. The molecule has 0 aliphatic heterocycles. The second-order valence-electron chi connectivity index (χ2n) is 15.6. The molecule has 0 bridgehead atoms. The van der Waals surface area contributed by atoms with Crippen molar-refractivity contribution in [2.75, 3.05) is 0 Å². The van der Waals surface area contributed by atoms with E-state index in [0.29, 0.717) is 17.5 Å². The minimum atomic E-state index is 0.592. The van der Waals surface area contributed by atoms with Gasteiger partial charge in [0.05, 0.1) is 11.0 Å². The molecule has 0 aliphatic rings. The molecule has 278 valence electrons. The predicted octanol–water partition coefficient (Wildman–Crippen LogP) is 14.5. The summed E-state index contributed by atoms with van der Waals surface area (Å²) in [5, 5.41) is 13.9. The highest BCUT2D eigenvalue weighted by atomic mass is 16.3. The van der Waals surface area contributed by atoms with E-state index in [1.807, 2.05) is 42.5 Å². The van der Waals surface area contributed by atoms with Gasteiger partial charge in [0.2, 0.25) is 0 Å². The number of nitrogens with zero attached hydrogens (tertiary/aromatic N) is 4. The third-order valence-electron chi connectivity index (χ3n) is 12.1. The number of benzene rings is 10. The van der Waals surface area contributed by atoms with Crippen molar-refractivity contribution >= 4 is 86.8 Å². The fourth-order valence-corrected chi connectivity index (χ4v) is 9.28. The molecule has 0 amide bonds. The van der Waals surface area contributed by atoms with Gasteiger partial charge in [-0.3, -0.25) is 0 Å². The van der Waals surface area contributed by atoms with Crippen molar-refractivity contribution < 1.29 is 4.42 Å². The predicted molar refractivity (Wildman–Crippen MR) is 248 cm³/mol. The molecule has 3 aromatic heterocycles. The number of hydrogen-bond donors (Lipinski definition) is 0. The van der Waals surface area contributed by atoms with E-state index in [2.05, 4.69) is 156 Å². The molecule has 60 heavy (non-hydrogen) atoms. The van der Waals surface area contributed by atoms with Gasteiger partial charge in [-0.1, -0.05) is 140 Å². The minimum Gasteiger partial charge on any atom is -0.456 e. The molecule has 0 fully saturated rings. The van der Waals surface area contributed by atoms with Crippen LogP contribution in [0.1, 0.15) is 0 Å². The first-order valence-electron chi connectivity index (χ1n) is 20.3. The van der Waals surface area contributed by atoms with Crippen LogP contribution in [-0.4, -0.2) is 19.5 Å². The molecule has 0 unspecified atom stereocenters. The molecule has 0 saturated heterocycles. The van der Waals surface area contributed by atoms with E-state index < -0.39 is 0 Å². The Balaban J connectivity index is 1.08. The molecule has 5 heteroatoms. The lowest BCUT2D eigenvalue weighted by Gasteiger charge is -2.12. The third-order valence-corrected chi connectivity index (χ3v) is 12.1. The number of hydrogen-bond acceptors (Lipinski definition) is 4. The molecular weight excluding hydrogens is 733 g/mol. The summed E-state index contributed by atoms with van der Waals surface area (Å²) < 4.78 is 9.12. The van der Waals surface area contributed by atoms with Crippen LogP contribution in [0.2, 0.25) is 0 Å². The van der Waals surface area contributed by atoms with Crippen molar-refractivity contribution in [3.8, 4) is 39.9 Å². The van der Waals surface area contributed by atoms with Gasteiger partial charge >= 0.3 is 0 Å². The van der Waals surface area contributed by atoms with E-state index in [9.17, 15) is 0 Å². The molecule has 13 rings (SSSR count). The van der Waals surface area contributed by atoms with Gasteiger partial charge in [0.25, 0.3) is 0 Å². The standard InChI is InChI=1S/C55H32N4O/c1-2-12-35(13-3-1)53-56-54(41-22-21-33-11-4-5-14-36(33)27-41)58-55(57-53)43-19-10-20-49-51(43)52-44-32-42(25-23-34(44)24-26-50(52)60-49)59-47-30-39-17-8-6-15-37(39)28-45(47)46-29-38-16-7-9-18-40(38)31-48(46)59/h1-32H. The Morgan fingerprint density at radius 2 is 0.883 bits per heavy atom. The molecule has 0 aliphatic carbocycles. The van der Waals surface area contributed by atoms with Crippen LogP contribution in [-0.2, 0) is 0 Å². The molecule has 0 atom stereocenters. The highest BCUT2D eigenvalue weighted by Gasteiger charge is 2.21. The zero-order valence-corrected chi connectivity index (χ0v) is 32.2. The molecule has 0 spiro atoms. The summed E-state index contributed by atoms with van der Waals surface area (Å²) in [6.07, 6.45) is 0. The van der Waals surface area contributed by atoms with E-state index >= 15 is 0 Å². The largest absolute Gasteiger partial charge is 0.456 e. The fraction of sp³-hybridized carbons (Fsp3) is 0. The maximum atomic E-state index is 6.69. The molecule has 13 aromatic rings. The first-order chi connectivity index (χ1) is 29.7. The minimum absolute atomic E-state index is 0.592. The molecular formula is C55H32N4O. The lowest BCUT2D eigenvalue weighted by molar-refractivity contribution is 0.669. The monoisotopic (exact) mass is 764 g/mol. The van der Waals surface area contributed by atoms with Gasteiger partial charge in [0.1, 0.15) is 11.2 Å². The van der Waals surface area contributed by atoms with Gasteiger partial charge in [-0.25, -0.2) is 15.0 Å². The van der Waals surface area contributed by atoms with E-state index in [0.717, 1.165) is 60.5 Å². The van der Waals surface area contributed by atoms with Crippen LogP contribution in [0, 0.1) is 0 Å². The first kappa shape index (κ1) is 32.9. The van der Waals surface area contributed by atoms with Crippen LogP contribution >= 0.6 is 0 Å². The normalized spacial score (nSPS) is 12.0. The molecule has 3 heterocycles. The maximum Gasteiger partial charge on any atom is 0.164 e. The van der Waals surface area contributed by atoms with Crippen LogP contribution in [0.15, 0.2) is 199 Å². The first-order valence-corrected chi connectivity index (χ1v) is 20.3. The topological polar surface area (TPSA) is 56.7 Å². The Hall–Kier alpha value is -8.15. The molecule has 10 aromatic carbocycles. The van der Waals surface area contributed by atoms with E-state index in [-0.39, 0.29) is 0 Å². The Labute approximate surface area is 343 Å². The lowest BCUT2D eigenvalue weighted by atomic mass is 9.99. The van der Waals surface area contributed by atoms with Gasteiger partial charge in [0, 0.05) is 43.9 Å². The Kier molecular flexibility index (Phi) is 6.95. The van der Waals surface area contributed by atoms with Crippen LogP contribution in [0.3, 0.4) is 0 Å².